The van der Waals surface area contributed by atoms with Gasteiger partial charge in [-0.3, -0.25) is 4.79 Å². The van der Waals surface area contributed by atoms with Crippen molar-refractivity contribution >= 4 is 18.4 Å². The van der Waals surface area contributed by atoms with E-state index in [0.29, 0.717) is 0 Å². The first-order valence-electron chi connectivity index (χ1n) is 4.49. The van der Waals surface area contributed by atoms with Crippen LogP contribution in [0, 0.1) is 0 Å². The summed E-state index contributed by atoms with van der Waals surface area (Å²) in [7, 11) is 1.60. The zero-order valence-corrected chi connectivity index (χ0v) is 9.58. The molecule has 0 radical (unpaired) electrons. The molecule has 1 unspecified atom stereocenters. The molecule has 0 aliphatic rings. The normalized spacial score (nSPS) is 11.3. The zero-order valence-electron chi connectivity index (χ0n) is 8.77. The number of ether oxygens (including phenoxy) is 1. The van der Waals surface area contributed by atoms with E-state index in [9.17, 15) is 4.79 Å². The van der Waals surface area contributed by atoms with Crippen LogP contribution < -0.4 is 4.74 Å². The molecule has 4 heteroatoms. The van der Waals surface area contributed by atoms with Crippen LogP contribution in [0.3, 0.4) is 0 Å². The van der Waals surface area contributed by atoms with Gasteiger partial charge >= 0.3 is 5.97 Å². The maximum absolute atomic E-state index is 10.5. The first-order chi connectivity index (χ1) is 6.63. The Morgan fingerprint density at radius 3 is 2.73 bits per heavy atom. The maximum Gasteiger partial charge on any atom is 0.303 e. The zero-order chi connectivity index (χ0) is 10.6. The van der Waals surface area contributed by atoms with Crippen LogP contribution >= 0.6 is 12.4 Å². The van der Waals surface area contributed by atoms with Crippen LogP contribution in [-0.4, -0.2) is 18.2 Å². The lowest BCUT2D eigenvalue weighted by molar-refractivity contribution is -0.137. The number of benzene rings is 1. The van der Waals surface area contributed by atoms with Crippen molar-refractivity contribution in [3.05, 3.63) is 29.8 Å². The number of carboxylic acids is 1. The topological polar surface area (TPSA) is 46.5 Å². The second kappa shape index (κ2) is 6.30. The molecule has 1 N–H and O–H groups in total. The van der Waals surface area contributed by atoms with Gasteiger partial charge in [0, 0.05) is 0 Å². The summed E-state index contributed by atoms with van der Waals surface area (Å²) in [6.45, 7) is 1.89. The third kappa shape index (κ3) is 4.21. The van der Waals surface area contributed by atoms with E-state index < -0.39 is 5.97 Å². The minimum atomic E-state index is -0.777. The van der Waals surface area contributed by atoms with Gasteiger partial charge in [0.25, 0.3) is 0 Å². The Bertz CT molecular complexity index is 325. The highest BCUT2D eigenvalue weighted by Crippen LogP contribution is 2.22. The minimum absolute atomic E-state index is 0. The summed E-state index contributed by atoms with van der Waals surface area (Å²) >= 11 is 0. The van der Waals surface area contributed by atoms with E-state index in [1.54, 1.807) is 7.11 Å². The van der Waals surface area contributed by atoms with Gasteiger partial charge in [0.1, 0.15) is 5.75 Å². The Balaban J connectivity index is 0.00000196. The average Bonchev–Trinajstić information content (AvgIpc) is 2.17. The molecule has 1 rings (SSSR count). The van der Waals surface area contributed by atoms with Crippen LogP contribution in [0.5, 0.6) is 5.75 Å². The number of methoxy groups -OCH3 is 1. The lowest BCUT2D eigenvalue weighted by Gasteiger charge is -2.10. The first kappa shape index (κ1) is 13.8. The van der Waals surface area contributed by atoms with Crippen LogP contribution in [0.2, 0.25) is 0 Å². The molecule has 0 heterocycles. The number of carbonyl (C=O) groups is 1. The van der Waals surface area contributed by atoms with E-state index >= 15 is 0 Å². The van der Waals surface area contributed by atoms with E-state index in [4.69, 9.17) is 9.84 Å². The lowest BCUT2D eigenvalue weighted by atomic mass is 9.98. The molecule has 1 aromatic rings. The van der Waals surface area contributed by atoms with Crippen molar-refractivity contribution in [3.8, 4) is 5.75 Å². The summed E-state index contributed by atoms with van der Waals surface area (Å²) < 4.78 is 5.06. The van der Waals surface area contributed by atoms with E-state index in [0.717, 1.165) is 11.3 Å². The molecule has 15 heavy (non-hydrogen) atoms. The molecule has 84 valence electrons. The number of aliphatic carboxylic acids is 1. The van der Waals surface area contributed by atoms with Gasteiger partial charge in [0.15, 0.2) is 0 Å². The molecule has 0 fully saturated rings. The van der Waals surface area contributed by atoms with Crippen molar-refractivity contribution in [1.82, 2.24) is 0 Å². The number of hydrogen-bond acceptors (Lipinski definition) is 2. The van der Waals surface area contributed by atoms with E-state index in [2.05, 4.69) is 0 Å². The Kier molecular flexibility index (Phi) is 5.79. The van der Waals surface area contributed by atoms with Crippen molar-refractivity contribution in [1.29, 1.82) is 0 Å². The predicted octanol–water partition coefficient (Wildman–Crippen LogP) is 2.70. The number of halogens is 1. The van der Waals surface area contributed by atoms with Gasteiger partial charge in [-0.1, -0.05) is 19.1 Å². The monoisotopic (exact) mass is 230 g/mol. The minimum Gasteiger partial charge on any atom is -0.497 e. The van der Waals surface area contributed by atoms with Crippen molar-refractivity contribution in [3.63, 3.8) is 0 Å². The standard InChI is InChI=1S/C11H14O3.ClH/c1-8(6-11(12)13)9-4-3-5-10(7-9)14-2;/h3-5,7-8H,6H2,1-2H3,(H,12,13);1H. The molecule has 1 atom stereocenters. The Hall–Kier alpha value is -1.22. The number of carboxylic acid groups (broad SMARTS) is 1. The summed E-state index contributed by atoms with van der Waals surface area (Å²) in [5.41, 5.74) is 0.992. The predicted molar refractivity (Wildman–Crippen MR) is 60.9 cm³/mol. The van der Waals surface area contributed by atoms with E-state index in [-0.39, 0.29) is 24.7 Å². The quantitative estimate of drug-likeness (QED) is 0.865. The third-order valence-electron chi connectivity index (χ3n) is 2.14. The molecule has 0 spiro atoms. The van der Waals surface area contributed by atoms with Gasteiger partial charge < -0.3 is 9.84 Å². The van der Waals surface area contributed by atoms with Crippen molar-refractivity contribution < 1.29 is 14.6 Å². The summed E-state index contributed by atoms with van der Waals surface area (Å²) in [5.74, 6) is 0.00246. The fraction of sp³-hybridized carbons (Fsp3) is 0.364. The molecule has 1 aromatic carbocycles. The lowest BCUT2D eigenvalue weighted by Crippen LogP contribution is -2.02. The highest BCUT2D eigenvalue weighted by Gasteiger charge is 2.10. The SMILES string of the molecule is COc1cccc(C(C)CC(=O)O)c1.Cl. The highest BCUT2D eigenvalue weighted by atomic mass is 35.5. The van der Waals surface area contributed by atoms with Crippen molar-refractivity contribution in [2.75, 3.05) is 7.11 Å². The highest BCUT2D eigenvalue weighted by molar-refractivity contribution is 5.85. The first-order valence-corrected chi connectivity index (χ1v) is 4.49. The van der Waals surface area contributed by atoms with Crippen LogP contribution in [0.15, 0.2) is 24.3 Å². The second-order valence-corrected chi connectivity index (χ2v) is 3.28. The number of rotatable bonds is 4. The molecule has 0 aromatic heterocycles. The molecule has 0 amide bonds. The third-order valence-corrected chi connectivity index (χ3v) is 2.14. The maximum atomic E-state index is 10.5. The molecular formula is C11H15ClO3. The van der Waals surface area contributed by atoms with Gasteiger partial charge in [-0.25, -0.2) is 0 Å². The molecule has 0 saturated carbocycles. The fourth-order valence-electron chi connectivity index (χ4n) is 1.33. The van der Waals surface area contributed by atoms with Gasteiger partial charge in [0.05, 0.1) is 13.5 Å². The largest absolute Gasteiger partial charge is 0.497 e. The molecule has 0 aliphatic carbocycles. The smallest absolute Gasteiger partial charge is 0.303 e. The number of hydrogen-bond donors (Lipinski definition) is 1. The molecule has 3 nitrogen and oxygen atoms in total. The molecular weight excluding hydrogens is 216 g/mol. The van der Waals surface area contributed by atoms with E-state index in [1.807, 2.05) is 31.2 Å². The molecule has 0 aliphatic heterocycles. The average molecular weight is 231 g/mol. The fourth-order valence-corrected chi connectivity index (χ4v) is 1.33. The summed E-state index contributed by atoms with van der Waals surface area (Å²) in [5, 5.41) is 8.64. The summed E-state index contributed by atoms with van der Waals surface area (Å²) in [4.78, 5) is 10.5. The van der Waals surface area contributed by atoms with Gasteiger partial charge in [-0.15, -0.1) is 12.4 Å². The van der Waals surface area contributed by atoms with Gasteiger partial charge in [0.2, 0.25) is 0 Å². The van der Waals surface area contributed by atoms with Crippen molar-refractivity contribution in [2.45, 2.75) is 19.3 Å². The van der Waals surface area contributed by atoms with Crippen LogP contribution in [0.4, 0.5) is 0 Å². The van der Waals surface area contributed by atoms with Crippen LogP contribution in [0.25, 0.3) is 0 Å². The molecule has 0 saturated heterocycles. The van der Waals surface area contributed by atoms with Gasteiger partial charge in [-0.2, -0.15) is 0 Å². The summed E-state index contributed by atoms with van der Waals surface area (Å²) in [6.07, 6.45) is 0.146. The second-order valence-electron chi connectivity index (χ2n) is 3.28. The Morgan fingerprint density at radius 1 is 1.53 bits per heavy atom. The van der Waals surface area contributed by atoms with Crippen LogP contribution in [0.1, 0.15) is 24.8 Å². The van der Waals surface area contributed by atoms with Crippen molar-refractivity contribution in [2.24, 2.45) is 0 Å². The van der Waals surface area contributed by atoms with Crippen LogP contribution in [-0.2, 0) is 4.79 Å². The van der Waals surface area contributed by atoms with Gasteiger partial charge in [-0.05, 0) is 23.6 Å². The summed E-state index contributed by atoms with van der Waals surface area (Å²) in [6, 6.07) is 7.49. The Labute approximate surface area is 95.5 Å². The van der Waals surface area contributed by atoms with E-state index in [1.165, 1.54) is 0 Å². The Morgan fingerprint density at radius 2 is 2.20 bits per heavy atom. The molecule has 0 bridgehead atoms.